The van der Waals surface area contributed by atoms with E-state index < -0.39 is 24.5 Å². The van der Waals surface area contributed by atoms with Crippen LogP contribution in [-0.4, -0.2) is 30.8 Å². The molecule has 1 atom stereocenters. The number of benzene rings is 2. The maximum atomic E-state index is 11.8. The fraction of sp³-hybridized carbons (Fsp3) is 0.250. The SMILES string of the molecule is COc1ccc2cc(C(C)C(=O)OCC(=O)O)ccc2c1. The summed E-state index contributed by atoms with van der Waals surface area (Å²) in [7, 11) is 1.61. The quantitative estimate of drug-likeness (QED) is 0.856. The zero-order valence-electron chi connectivity index (χ0n) is 11.8. The van der Waals surface area contributed by atoms with Crippen LogP contribution in [0.3, 0.4) is 0 Å². The molecule has 5 nitrogen and oxygen atoms in total. The fourth-order valence-corrected chi connectivity index (χ4v) is 2.03. The summed E-state index contributed by atoms with van der Waals surface area (Å²) in [4.78, 5) is 22.2. The van der Waals surface area contributed by atoms with Crippen LogP contribution >= 0.6 is 0 Å². The minimum absolute atomic E-state index is 0.518. The summed E-state index contributed by atoms with van der Waals surface area (Å²) in [6, 6.07) is 11.3. The molecule has 21 heavy (non-hydrogen) atoms. The zero-order chi connectivity index (χ0) is 15.4. The van der Waals surface area contributed by atoms with E-state index >= 15 is 0 Å². The minimum atomic E-state index is -1.17. The van der Waals surface area contributed by atoms with E-state index in [0.717, 1.165) is 22.1 Å². The number of esters is 1. The van der Waals surface area contributed by atoms with Crippen molar-refractivity contribution in [2.24, 2.45) is 0 Å². The highest BCUT2D eigenvalue weighted by molar-refractivity contribution is 5.87. The van der Waals surface area contributed by atoms with Crippen molar-refractivity contribution in [1.82, 2.24) is 0 Å². The molecule has 0 aliphatic heterocycles. The number of carboxylic acids is 1. The lowest BCUT2D eigenvalue weighted by Gasteiger charge is -2.12. The van der Waals surface area contributed by atoms with Gasteiger partial charge in [0.2, 0.25) is 0 Å². The molecule has 0 heterocycles. The molecule has 2 rings (SSSR count). The molecule has 0 saturated heterocycles. The smallest absolute Gasteiger partial charge is 0.341 e. The van der Waals surface area contributed by atoms with Crippen molar-refractivity contribution in [1.29, 1.82) is 0 Å². The molecule has 0 bridgehead atoms. The average Bonchev–Trinajstić information content (AvgIpc) is 2.50. The molecule has 110 valence electrons. The van der Waals surface area contributed by atoms with Gasteiger partial charge in [0.05, 0.1) is 13.0 Å². The first-order chi connectivity index (χ1) is 10.0. The average molecular weight is 288 g/mol. The van der Waals surface area contributed by atoms with Crippen LogP contribution in [0.25, 0.3) is 10.8 Å². The van der Waals surface area contributed by atoms with Gasteiger partial charge in [-0.3, -0.25) is 4.79 Å². The Balaban J connectivity index is 2.21. The van der Waals surface area contributed by atoms with Crippen LogP contribution in [0.5, 0.6) is 5.75 Å². The monoisotopic (exact) mass is 288 g/mol. The molecule has 5 heteroatoms. The number of fused-ring (bicyclic) bond motifs is 1. The third kappa shape index (κ3) is 3.51. The van der Waals surface area contributed by atoms with Crippen LogP contribution in [-0.2, 0) is 14.3 Å². The predicted molar refractivity (Wildman–Crippen MR) is 77.5 cm³/mol. The molecule has 1 unspecified atom stereocenters. The van der Waals surface area contributed by atoms with E-state index in [-0.39, 0.29) is 0 Å². The maximum Gasteiger partial charge on any atom is 0.341 e. The van der Waals surface area contributed by atoms with Gasteiger partial charge in [-0.15, -0.1) is 0 Å². The molecule has 2 aromatic rings. The minimum Gasteiger partial charge on any atom is -0.497 e. The maximum absolute atomic E-state index is 11.8. The van der Waals surface area contributed by atoms with E-state index in [1.54, 1.807) is 14.0 Å². The van der Waals surface area contributed by atoms with Crippen molar-refractivity contribution in [3.63, 3.8) is 0 Å². The van der Waals surface area contributed by atoms with E-state index in [4.69, 9.17) is 14.6 Å². The van der Waals surface area contributed by atoms with Gasteiger partial charge >= 0.3 is 11.9 Å². The van der Waals surface area contributed by atoms with Gasteiger partial charge in [-0.25, -0.2) is 4.79 Å². The lowest BCUT2D eigenvalue weighted by Crippen LogP contribution is -2.17. The molecular weight excluding hydrogens is 272 g/mol. The van der Waals surface area contributed by atoms with Crippen LogP contribution in [0.15, 0.2) is 36.4 Å². The molecule has 0 amide bonds. The van der Waals surface area contributed by atoms with Crippen LogP contribution in [0.4, 0.5) is 0 Å². The Bertz CT molecular complexity index is 677. The number of carbonyl (C=O) groups excluding carboxylic acids is 1. The second-order valence-electron chi connectivity index (χ2n) is 4.70. The van der Waals surface area contributed by atoms with E-state index in [1.807, 2.05) is 36.4 Å². The molecule has 0 aromatic heterocycles. The number of carbonyl (C=O) groups is 2. The first kappa shape index (κ1) is 14.8. The van der Waals surface area contributed by atoms with Crippen molar-refractivity contribution >= 4 is 22.7 Å². The number of rotatable bonds is 5. The van der Waals surface area contributed by atoms with Gasteiger partial charge in [0.1, 0.15) is 5.75 Å². The topological polar surface area (TPSA) is 72.8 Å². The Hall–Kier alpha value is -2.56. The van der Waals surface area contributed by atoms with E-state index in [2.05, 4.69) is 0 Å². The lowest BCUT2D eigenvalue weighted by molar-refractivity contribution is -0.155. The van der Waals surface area contributed by atoms with Crippen molar-refractivity contribution in [2.45, 2.75) is 12.8 Å². The molecule has 0 fully saturated rings. The first-order valence-corrected chi connectivity index (χ1v) is 6.47. The fourth-order valence-electron chi connectivity index (χ4n) is 2.03. The van der Waals surface area contributed by atoms with Crippen molar-refractivity contribution in [3.05, 3.63) is 42.0 Å². The number of carboxylic acid groups (broad SMARTS) is 1. The highest BCUT2D eigenvalue weighted by Gasteiger charge is 2.18. The Morgan fingerprint density at radius 2 is 1.81 bits per heavy atom. The third-order valence-corrected chi connectivity index (χ3v) is 3.26. The van der Waals surface area contributed by atoms with Crippen molar-refractivity contribution in [2.75, 3.05) is 13.7 Å². The van der Waals surface area contributed by atoms with Crippen LogP contribution in [0.1, 0.15) is 18.4 Å². The van der Waals surface area contributed by atoms with Gasteiger partial charge in [0.25, 0.3) is 0 Å². The highest BCUT2D eigenvalue weighted by Crippen LogP contribution is 2.25. The van der Waals surface area contributed by atoms with Gasteiger partial charge in [-0.2, -0.15) is 0 Å². The van der Waals surface area contributed by atoms with Crippen molar-refractivity contribution in [3.8, 4) is 5.75 Å². The van der Waals surface area contributed by atoms with Crippen molar-refractivity contribution < 1.29 is 24.2 Å². The summed E-state index contributed by atoms with van der Waals surface area (Å²) >= 11 is 0. The van der Waals surface area contributed by atoms with E-state index in [9.17, 15) is 9.59 Å². The zero-order valence-corrected chi connectivity index (χ0v) is 11.8. The number of methoxy groups -OCH3 is 1. The van der Waals surface area contributed by atoms with Crippen LogP contribution in [0.2, 0.25) is 0 Å². The summed E-state index contributed by atoms with van der Waals surface area (Å²) < 4.78 is 9.87. The molecule has 0 saturated carbocycles. The molecule has 2 aromatic carbocycles. The number of ether oxygens (including phenoxy) is 2. The van der Waals surface area contributed by atoms with E-state index in [0.29, 0.717) is 0 Å². The normalized spacial score (nSPS) is 11.9. The van der Waals surface area contributed by atoms with Gasteiger partial charge < -0.3 is 14.6 Å². The summed E-state index contributed by atoms with van der Waals surface area (Å²) in [6.07, 6.45) is 0. The Labute approximate surface area is 122 Å². The number of hydrogen-bond acceptors (Lipinski definition) is 4. The van der Waals surface area contributed by atoms with Crippen LogP contribution < -0.4 is 4.74 Å². The summed E-state index contributed by atoms with van der Waals surface area (Å²) in [5.74, 6) is -1.47. The first-order valence-electron chi connectivity index (χ1n) is 6.47. The third-order valence-electron chi connectivity index (χ3n) is 3.26. The summed E-state index contributed by atoms with van der Waals surface area (Å²) in [6.45, 7) is 1.07. The standard InChI is InChI=1S/C16H16O5/c1-10(16(19)21-9-15(17)18)11-3-4-13-8-14(20-2)6-5-12(13)7-11/h3-8,10H,9H2,1-2H3,(H,17,18). The van der Waals surface area contributed by atoms with Gasteiger partial charge in [-0.05, 0) is 35.4 Å². The summed E-state index contributed by atoms with van der Waals surface area (Å²) in [5.41, 5.74) is 0.781. The molecule has 0 aliphatic rings. The van der Waals surface area contributed by atoms with Gasteiger partial charge in [-0.1, -0.05) is 24.3 Å². The second kappa shape index (κ2) is 6.26. The molecule has 0 spiro atoms. The molecule has 0 aliphatic carbocycles. The molecular formula is C16H16O5. The highest BCUT2D eigenvalue weighted by atomic mass is 16.5. The van der Waals surface area contributed by atoms with Gasteiger partial charge in [0.15, 0.2) is 6.61 Å². The molecule has 1 N–H and O–H groups in total. The summed E-state index contributed by atoms with van der Waals surface area (Å²) in [5, 5.41) is 10.5. The van der Waals surface area contributed by atoms with E-state index in [1.165, 1.54) is 0 Å². The second-order valence-corrected chi connectivity index (χ2v) is 4.70. The molecule has 0 radical (unpaired) electrons. The largest absolute Gasteiger partial charge is 0.497 e. The predicted octanol–water partition coefficient (Wildman–Crippen LogP) is 2.58. The lowest BCUT2D eigenvalue weighted by atomic mass is 9.98. The Morgan fingerprint density at radius 1 is 1.14 bits per heavy atom. The van der Waals surface area contributed by atoms with Crippen LogP contribution in [0, 0.1) is 0 Å². The van der Waals surface area contributed by atoms with Gasteiger partial charge in [0, 0.05) is 0 Å². The Kier molecular flexibility index (Phi) is 4.42. The number of hydrogen-bond donors (Lipinski definition) is 1. The number of aliphatic carboxylic acids is 1. The Morgan fingerprint density at radius 3 is 2.48 bits per heavy atom.